The lowest BCUT2D eigenvalue weighted by atomic mass is 9.90. The highest BCUT2D eigenvalue weighted by molar-refractivity contribution is 7.98. The summed E-state index contributed by atoms with van der Waals surface area (Å²) in [6.07, 6.45) is -4.17. The summed E-state index contributed by atoms with van der Waals surface area (Å²) in [5, 5.41) is 9.05. The van der Waals surface area contributed by atoms with E-state index in [2.05, 4.69) is 6.58 Å². The lowest BCUT2D eigenvalue weighted by Gasteiger charge is -2.31. The van der Waals surface area contributed by atoms with E-state index in [-0.39, 0.29) is 23.1 Å². The molecule has 1 aliphatic rings. The molecule has 0 bridgehead atoms. The minimum atomic E-state index is -4.86. The van der Waals surface area contributed by atoms with E-state index in [0.717, 1.165) is 12.1 Å². The number of imide groups is 1. The van der Waals surface area contributed by atoms with E-state index in [1.807, 2.05) is 0 Å². The van der Waals surface area contributed by atoms with Crippen LogP contribution in [0.25, 0.3) is 0 Å². The Hall–Kier alpha value is -3.98. The maximum absolute atomic E-state index is 13.6. The van der Waals surface area contributed by atoms with Crippen LogP contribution in [0.4, 0.5) is 28.4 Å². The van der Waals surface area contributed by atoms with Gasteiger partial charge < -0.3 is 9.47 Å². The molecule has 1 heterocycles. The molecule has 1 atom stereocenters. The minimum absolute atomic E-state index is 0.0587. The second kappa shape index (κ2) is 9.94. The van der Waals surface area contributed by atoms with Gasteiger partial charge in [-0.1, -0.05) is 18.7 Å². The highest BCUT2D eigenvalue weighted by atomic mass is 32.2. The quantitative estimate of drug-likeness (QED) is 0.211. The van der Waals surface area contributed by atoms with Crippen LogP contribution in [0.2, 0.25) is 0 Å². The second-order valence-corrected chi connectivity index (χ2v) is 8.70. The summed E-state index contributed by atoms with van der Waals surface area (Å²) in [4.78, 5) is 40.5. The second-order valence-electron chi connectivity index (χ2n) is 7.86. The van der Waals surface area contributed by atoms with Crippen molar-refractivity contribution in [2.24, 2.45) is 0 Å². The van der Waals surface area contributed by atoms with Crippen molar-refractivity contribution in [2.75, 3.05) is 17.0 Å². The van der Waals surface area contributed by atoms with Gasteiger partial charge in [-0.15, -0.1) is 11.8 Å². The molecule has 1 unspecified atom stereocenters. The average molecular weight is 520 g/mol. The maximum atomic E-state index is 13.6. The molecule has 1 aliphatic heterocycles. The first-order valence-electron chi connectivity index (χ1n) is 10.3. The predicted molar refractivity (Wildman–Crippen MR) is 125 cm³/mol. The highest BCUT2D eigenvalue weighted by Crippen LogP contribution is 2.42. The van der Waals surface area contributed by atoms with Crippen LogP contribution in [0, 0.1) is 11.3 Å². The number of thioether (sulfide) groups is 1. The van der Waals surface area contributed by atoms with Crippen molar-refractivity contribution in [2.45, 2.75) is 25.6 Å². The van der Waals surface area contributed by atoms with Gasteiger partial charge in [-0.3, -0.25) is 9.69 Å². The van der Waals surface area contributed by atoms with Crippen molar-refractivity contribution in [1.82, 2.24) is 4.90 Å². The molecule has 3 amide bonds. The fourth-order valence-electron chi connectivity index (χ4n) is 3.66. The number of hydrogen-bond donors (Lipinski definition) is 0. The van der Waals surface area contributed by atoms with Crippen LogP contribution in [0.15, 0.2) is 54.8 Å². The predicted octanol–water partition coefficient (Wildman–Crippen LogP) is 5.63. The summed E-state index contributed by atoms with van der Waals surface area (Å²) < 4.78 is 50.3. The molecule has 12 heteroatoms. The number of anilines is 1. The molecule has 36 heavy (non-hydrogen) atoms. The molecular formula is C24H20F3N3O5S. The minimum Gasteiger partial charge on any atom is -0.400 e. The summed E-state index contributed by atoms with van der Waals surface area (Å²) in [6, 6.07) is 9.01. The van der Waals surface area contributed by atoms with E-state index in [4.69, 9.17) is 14.7 Å². The molecule has 2 aromatic carbocycles. The zero-order valence-electron chi connectivity index (χ0n) is 19.4. The number of allylic oxidation sites excluding steroid dienone is 1. The number of nitriles is 1. The molecule has 0 aromatic heterocycles. The Labute approximate surface area is 208 Å². The number of rotatable bonds is 6. The molecule has 2 aromatic rings. The number of urea groups is 1. The summed E-state index contributed by atoms with van der Waals surface area (Å²) in [5.74, 6) is -0.498. The number of benzene rings is 2. The van der Waals surface area contributed by atoms with Crippen LogP contribution in [-0.2, 0) is 21.2 Å². The van der Waals surface area contributed by atoms with Gasteiger partial charge >= 0.3 is 18.4 Å². The first kappa shape index (κ1) is 26.6. The molecule has 0 saturated carbocycles. The van der Waals surface area contributed by atoms with E-state index in [1.54, 1.807) is 6.26 Å². The monoisotopic (exact) mass is 519 g/mol. The van der Waals surface area contributed by atoms with E-state index in [0.29, 0.717) is 16.5 Å². The maximum Gasteiger partial charge on any atom is 0.519 e. The van der Waals surface area contributed by atoms with Crippen LogP contribution in [0.1, 0.15) is 30.5 Å². The molecule has 188 valence electrons. The summed E-state index contributed by atoms with van der Waals surface area (Å²) in [5.41, 5.74) is -3.44. The van der Waals surface area contributed by atoms with Gasteiger partial charge in [0.15, 0.2) is 0 Å². The fraction of sp³-hybridized carbons (Fsp3) is 0.250. The lowest BCUT2D eigenvalue weighted by molar-refractivity contribution is -0.137. The van der Waals surface area contributed by atoms with Crippen LogP contribution in [0.3, 0.4) is 0 Å². The molecular weight excluding hydrogens is 499 g/mol. The van der Waals surface area contributed by atoms with Crippen molar-refractivity contribution in [1.29, 1.82) is 5.26 Å². The number of nitrogens with zero attached hydrogens (tertiary/aromatic N) is 3. The number of ether oxygens (including phenoxy) is 2. The molecule has 0 radical (unpaired) electrons. The Bertz CT molecular complexity index is 1270. The molecule has 0 aliphatic carbocycles. The van der Waals surface area contributed by atoms with E-state index in [1.165, 1.54) is 60.8 Å². The Morgan fingerprint density at radius 1 is 1.19 bits per heavy atom. The van der Waals surface area contributed by atoms with Gasteiger partial charge in [0.1, 0.15) is 17.0 Å². The van der Waals surface area contributed by atoms with Crippen molar-refractivity contribution >= 4 is 35.5 Å². The van der Waals surface area contributed by atoms with Crippen LogP contribution in [0.5, 0.6) is 5.75 Å². The molecule has 3 rings (SSSR count). The first-order valence-corrected chi connectivity index (χ1v) is 11.7. The number of halogens is 3. The number of amides is 3. The molecule has 1 fully saturated rings. The van der Waals surface area contributed by atoms with Crippen molar-refractivity contribution < 1.29 is 37.0 Å². The Balaban J connectivity index is 2.03. The van der Waals surface area contributed by atoms with Crippen LogP contribution in [-0.4, -0.2) is 35.1 Å². The standard InChI is InChI=1S/C24H20F3N3O5S/c1-14(2)34-22(33)35-18-9-6-16(7-10-18)23(3)20(31)30(21(32)29(23)13-36-4)17-8-5-15(12-28)19(11-17)24(25,26)27/h5-11H,1,13H2,2-4H3. The molecule has 8 nitrogen and oxygen atoms in total. The number of hydrogen-bond acceptors (Lipinski definition) is 7. The summed E-state index contributed by atoms with van der Waals surface area (Å²) in [7, 11) is 0. The number of alkyl halides is 3. The third-order valence-corrected chi connectivity index (χ3v) is 5.92. The SMILES string of the molecule is C=C(C)OC(=O)Oc1ccc(C2(C)C(=O)N(c3ccc(C#N)c(C(F)(F)F)c3)C(=O)N2CSC)cc1. The zero-order valence-corrected chi connectivity index (χ0v) is 20.2. The number of carbonyl (C=O) groups is 3. The molecule has 0 spiro atoms. The largest absolute Gasteiger partial charge is 0.519 e. The van der Waals surface area contributed by atoms with Gasteiger partial charge in [0.25, 0.3) is 5.91 Å². The third kappa shape index (κ3) is 4.87. The first-order chi connectivity index (χ1) is 16.8. The lowest BCUT2D eigenvalue weighted by Crippen LogP contribution is -2.44. The van der Waals surface area contributed by atoms with E-state index < -0.39 is 40.9 Å². The van der Waals surface area contributed by atoms with Gasteiger partial charge in [0.05, 0.1) is 28.8 Å². The Morgan fingerprint density at radius 2 is 1.83 bits per heavy atom. The van der Waals surface area contributed by atoms with E-state index in [9.17, 15) is 27.6 Å². The van der Waals surface area contributed by atoms with Crippen molar-refractivity contribution in [3.63, 3.8) is 0 Å². The number of carbonyl (C=O) groups excluding carboxylic acids is 3. The van der Waals surface area contributed by atoms with Gasteiger partial charge in [-0.05, 0) is 56.0 Å². The van der Waals surface area contributed by atoms with Gasteiger partial charge in [-0.2, -0.15) is 18.4 Å². The smallest absolute Gasteiger partial charge is 0.400 e. The Morgan fingerprint density at radius 3 is 2.36 bits per heavy atom. The topological polar surface area (TPSA) is 99.9 Å². The van der Waals surface area contributed by atoms with Gasteiger partial charge in [0, 0.05) is 0 Å². The molecule has 0 N–H and O–H groups in total. The third-order valence-electron chi connectivity index (χ3n) is 5.40. The summed E-state index contributed by atoms with van der Waals surface area (Å²) >= 11 is 1.24. The zero-order chi connectivity index (χ0) is 26.8. The highest BCUT2D eigenvalue weighted by Gasteiger charge is 2.56. The van der Waals surface area contributed by atoms with Gasteiger partial charge in [-0.25, -0.2) is 14.5 Å². The van der Waals surface area contributed by atoms with Crippen molar-refractivity contribution in [3.05, 3.63) is 71.5 Å². The van der Waals surface area contributed by atoms with Crippen molar-refractivity contribution in [3.8, 4) is 11.8 Å². The summed E-state index contributed by atoms with van der Waals surface area (Å²) in [6.45, 7) is 6.37. The molecule has 1 saturated heterocycles. The normalized spacial score (nSPS) is 17.7. The van der Waals surface area contributed by atoms with E-state index >= 15 is 0 Å². The van der Waals surface area contributed by atoms with Crippen LogP contribution < -0.4 is 9.64 Å². The van der Waals surface area contributed by atoms with Gasteiger partial charge in [0.2, 0.25) is 0 Å². The average Bonchev–Trinajstić information content (AvgIpc) is 2.99. The Kier molecular flexibility index (Phi) is 7.35. The van der Waals surface area contributed by atoms with Crippen LogP contribution >= 0.6 is 11.8 Å². The fourth-order valence-corrected chi connectivity index (χ4v) is 4.29.